The van der Waals surface area contributed by atoms with E-state index in [9.17, 15) is 4.79 Å². The first-order valence-corrected chi connectivity index (χ1v) is 6.14. The van der Waals surface area contributed by atoms with Crippen LogP contribution in [0.2, 0.25) is 0 Å². The van der Waals surface area contributed by atoms with Gasteiger partial charge in [-0.1, -0.05) is 18.2 Å². The van der Waals surface area contributed by atoms with E-state index in [1.54, 1.807) is 0 Å². The van der Waals surface area contributed by atoms with Gasteiger partial charge in [0.25, 0.3) is 5.91 Å². The molecule has 0 spiro atoms. The predicted molar refractivity (Wildman–Crippen MR) is 68.0 cm³/mol. The van der Waals surface area contributed by atoms with Crippen molar-refractivity contribution in [1.29, 1.82) is 0 Å². The lowest BCUT2D eigenvalue weighted by Gasteiger charge is -2.20. The number of hydrogen-bond donors (Lipinski definition) is 1. The van der Waals surface area contributed by atoms with Crippen LogP contribution >= 0.6 is 0 Å². The molecule has 1 atom stereocenters. The number of likely N-dealkylation sites (tertiary alicyclic amines) is 1. The second-order valence-corrected chi connectivity index (χ2v) is 4.76. The summed E-state index contributed by atoms with van der Waals surface area (Å²) in [6, 6.07) is 10.3. The fourth-order valence-electron chi connectivity index (χ4n) is 2.58. The van der Waals surface area contributed by atoms with E-state index in [0.717, 1.165) is 30.3 Å². The lowest BCUT2D eigenvalue weighted by Crippen LogP contribution is -2.33. The number of carbonyl (C=O) groups is 1. The molecule has 3 rings (SSSR count). The van der Waals surface area contributed by atoms with Crippen molar-refractivity contribution in [2.75, 3.05) is 6.54 Å². The Morgan fingerprint density at radius 3 is 2.94 bits per heavy atom. The molecule has 0 aliphatic carbocycles. The van der Waals surface area contributed by atoms with Gasteiger partial charge in [0.1, 0.15) is 5.69 Å². The summed E-state index contributed by atoms with van der Waals surface area (Å²) in [4.78, 5) is 17.5. The number of nitrogens with zero attached hydrogens (tertiary/aromatic N) is 1. The van der Waals surface area contributed by atoms with Crippen molar-refractivity contribution < 1.29 is 4.79 Å². The average Bonchev–Trinajstić information content (AvgIpc) is 2.93. The van der Waals surface area contributed by atoms with Gasteiger partial charge in [-0.25, -0.2) is 0 Å². The van der Waals surface area contributed by atoms with Crippen LogP contribution in [0.4, 0.5) is 0 Å². The Hall–Kier alpha value is -1.77. The third-order valence-corrected chi connectivity index (χ3v) is 3.57. The molecule has 1 amide bonds. The number of aromatic amines is 1. The average molecular weight is 228 g/mol. The summed E-state index contributed by atoms with van der Waals surface area (Å²) in [5.74, 6) is 0.131. The number of fused-ring (bicyclic) bond motifs is 1. The number of H-pyrrole nitrogens is 1. The molecule has 1 fully saturated rings. The molecule has 0 bridgehead atoms. The molecule has 3 nitrogen and oxygen atoms in total. The number of aromatic nitrogens is 1. The molecule has 17 heavy (non-hydrogen) atoms. The zero-order valence-corrected chi connectivity index (χ0v) is 9.94. The quantitative estimate of drug-likeness (QED) is 0.800. The zero-order chi connectivity index (χ0) is 11.8. The van der Waals surface area contributed by atoms with Gasteiger partial charge in [0.15, 0.2) is 0 Å². The summed E-state index contributed by atoms with van der Waals surface area (Å²) in [6.07, 6.45) is 2.24. The van der Waals surface area contributed by atoms with Crippen molar-refractivity contribution in [2.45, 2.75) is 25.8 Å². The van der Waals surface area contributed by atoms with Crippen LogP contribution in [-0.4, -0.2) is 28.4 Å². The second-order valence-electron chi connectivity index (χ2n) is 4.76. The number of nitrogens with one attached hydrogen (secondary N) is 1. The smallest absolute Gasteiger partial charge is 0.270 e. The minimum Gasteiger partial charge on any atom is -0.351 e. The van der Waals surface area contributed by atoms with Crippen molar-refractivity contribution in [1.82, 2.24) is 9.88 Å². The molecule has 1 saturated heterocycles. The van der Waals surface area contributed by atoms with Crippen LogP contribution in [0.25, 0.3) is 10.9 Å². The first-order chi connectivity index (χ1) is 8.25. The number of amides is 1. The van der Waals surface area contributed by atoms with Gasteiger partial charge in [0, 0.05) is 23.5 Å². The van der Waals surface area contributed by atoms with Crippen LogP contribution < -0.4 is 0 Å². The van der Waals surface area contributed by atoms with Gasteiger partial charge in [0.05, 0.1) is 0 Å². The van der Waals surface area contributed by atoms with Gasteiger partial charge in [-0.15, -0.1) is 0 Å². The summed E-state index contributed by atoms with van der Waals surface area (Å²) >= 11 is 0. The minimum atomic E-state index is 0.131. The fraction of sp³-hybridized carbons (Fsp3) is 0.357. The normalized spacial score (nSPS) is 20.1. The standard InChI is InChI=1S/C14H16N2O/c1-10-5-4-8-16(10)14(17)13-9-11-6-2-3-7-12(11)15-13/h2-3,6-7,9-10,15H,4-5,8H2,1H3. The molecule has 3 heteroatoms. The van der Waals surface area contributed by atoms with Gasteiger partial charge in [0.2, 0.25) is 0 Å². The topological polar surface area (TPSA) is 36.1 Å². The van der Waals surface area contributed by atoms with Gasteiger partial charge in [-0.2, -0.15) is 0 Å². The third-order valence-electron chi connectivity index (χ3n) is 3.57. The highest BCUT2D eigenvalue weighted by atomic mass is 16.2. The van der Waals surface area contributed by atoms with Crippen LogP contribution in [0.15, 0.2) is 30.3 Å². The Balaban J connectivity index is 1.95. The molecular weight excluding hydrogens is 212 g/mol. The molecule has 2 heterocycles. The molecule has 1 N–H and O–H groups in total. The Labute approximate surface area is 100 Å². The molecule has 1 aromatic heterocycles. The summed E-state index contributed by atoms with van der Waals surface area (Å²) in [7, 11) is 0. The summed E-state index contributed by atoms with van der Waals surface area (Å²) < 4.78 is 0. The number of rotatable bonds is 1. The minimum absolute atomic E-state index is 0.131. The highest BCUT2D eigenvalue weighted by molar-refractivity contribution is 5.98. The van der Waals surface area contributed by atoms with Crippen LogP contribution in [0.3, 0.4) is 0 Å². The molecule has 1 aliphatic heterocycles. The molecule has 1 unspecified atom stereocenters. The molecule has 1 aliphatic rings. The summed E-state index contributed by atoms with van der Waals surface area (Å²) in [5, 5.41) is 1.10. The maximum Gasteiger partial charge on any atom is 0.270 e. The number of benzene rings is 1. The van der Waals surface area contributed by atoms with Crippen molar-refractivity contribution in [3.8, 4) is 0 Å². The highest BCUT2D eigenvalue weighted by Crippen LogP contribution is 2.21. The molecule has 0 radical (unpaired) electrons. The second kappa shape index (κ2) is 3.91. The van der Waals surface area contributed by atoms with E-state index in [1.807, 2.05) is 35.2 Å². The summed E-state index contributed by atoms with van der Waals surface area (Å²) in [6.45, 7) is 3.00. The Bertz CT molecular complexity index is 525. The lowest BCUT2D eigenvalue weighted by atomic mass is 10.2. The van der Waals surface area contributed by atoms with Crippen LogP contribution in [0.5, 0.6) is 0 Å². The molecule has 2 aromatic rings. The summed E-state index contributed by atoms with van der Waals surface area (Å²) in [5.41, 5.74) is 1.74. The Morgan fingerprint density at radius 1 is 1.41 bits per heavy atom. The fourth-order valence-corrected chi connectivity index (χ4v) is 2.58. The van der Waals surface area contributed by atoms with Gasteiger partial charge in [-0.3, -0.25) is 4.79 Å². The van der Waals surface area contributed by atoms with Gasteiger partial charge < -0.3 is 9.88 Å². The largest absolute Gasteiger partial charge is 0.351 e. The van der Waals surface area contributed by atoms with E-state index in [4.69, 9.17) is 0 Å². The van der Waals surface area contributed by atoms with E-state index >= 15 is 0 Å². The molecule has 1 aromatic carbocycles. The van der Waals surface area contributed by atoms with E-state index < -0.39 is 0 Å². The van der Waals surface area contributed by atoms with Crippen molar-refractivity contribution in [2.24, 2.45) is 0 Å². The molecule has 88 valence electrons. The Kier molecular flexibility index (Phi) is 2.39. The zero-order valence-electron chi connectivity index (χ0n) is 9.94. The predicted octanol–water partition coefficient (Wildman–Crippen LogP) is 2.79. The maximum atomic E-state index is 12.3. The van der Waals surface area contributed by atoms with E-state index in [0.29, 0.717) is 11.7 Å². The lowest BCUT2D eigenvalue weighted by molar-refractivity contribution is 0.0742. The van der Waals surface area contributed by atoms with Crippen LogP contribution in [0, 0.1) is 0 Å². The number of hydrogen-bond acceptors (Lipinski definition) is 1. The van der Waals surface area contributed by atoms with E-state index in [-0.39, 0.29) is 5.91 Å². The number of para-hydroxylation sites is 1. The van der Waals surface area contributed by atoms with Gasteiger partial charge >= 0.3 is 0 Å². The first kappa shape index (κ1) is 10.4. The maximum absolute atomic E-state index is 12.3. The monoisotopic (exact) mass is 228 g/mol. The molecular formula is C14H16N2O. The molecule has 0 saturated carbocycles. The third kappa shape index (κ3) is 1.71. The SMILES string of the molecule is CC1CCCN1C(=O)c1cc2ccccc2[nH]1. The Morgan fingerprint density at radius 2 is 2.24 bits per heavy atom. The van der Waals surface area contributed by atoms with Crippen molar-refractivity contribution in [3.63, 3.8) is 0 Å². The van der Waals surface area contributed by atoms with E-state index in [1.165, 1.54) is 0 Å². The van der Waals surface area contributed by atoms with Gasteiger partial charge in [-0.05, 0) is 31.9 Å². The first-order valence-electron chi connectivity index (χ1n) is 6.14. The van der Waals surface area contributed by atoms with Crippen LogP contribution in [-0.2, 0) is 0 Å². The van der Waals surface area contributed by atoms with E-state index in [2.05, 4.69) is 11.9 Å². The van der Waals surface area contributed by atoms with Crippen LogP contribution in [0.1, 0.15) is 30.3 Å². The number of carbonyl (C=O) groups excluding carboxylic acids is 1. The van der Waals surface area contributed by atoms with Crippen molar-refractivity contribution in [3.05, 3.63) is 36.0 Å². The van der Waals surface area contributed by atoms with Crippen molar-refractivity contribution >= 4 is 16.8 Å². The highest BCUT2D eigenvalue weighted by Gasteiger charge is 2.26.